The fourth-order valence-electron chi connectivity index (χ4n) is 2.86. The van der Waals surface area contributed by atoms with E-state index in [4.69, 9.17) is 0 Å². The van der Waals surface area contributed by atoms with Gasteiger partial charge in [-0.25, -0.2) is 0 Å². The van der Waals surface area contributed by atoms with Crippen LogP contribution in [0.25, 0.3) is 0 Å². The summed E-state index contributed by atoms with van der Waals surface area (Å²) in [6, 6.07) is 8.06. The highest BCUT2D eigenvalue weighted by Gasteiger charge is 2.19. The van der Waals surface area contributed by atoms with Crippen molar-refractivity contribution in [1.82, 2.24) is 5.32 Å². The monoisotopic (exact) mass is 309 g/mol. The van der Waals surface area contributed by atoms with E-state index in [0.29, 0.717) is 12.1 Å². The van der Waals surface area contributed by atoms with E-state index in [1.165, 1.54) is 54.1 Å². The second kappa shape index (κ2) is 6.72. The summed E-state index contributed by atoms with van der Waals surface area (Å²) in [6.07, 6.45) is 7.63. The fraction of sp³-hybridized carbons (Fsp3) is 0.625. The molecule has 2 rings (SSSR count). The van der Waals surface area contributed by atoms with Gasteiger partial charge in [0.1, 0.15) is 0 Å². The van der Waals surface area contributed by atoms with Crippen molar-refractivity contribution in [3.8, 4) is 0 Å². The summed E-state index contributed by atoms with van der Waals surface area (Å²) >= 11 is 3.56. The van der Waals surface area contributed by atoms with Gasteiger partial charge in [0.2, 0.25) is 0 Å². The van der Waals surface area contributed by atoms with Crippen LogP contribution in [0.1, 0.15) is 50.7 Å². The summed E-state index contributed by atoms with van der Waals surface area (Å²) in [5.41, 5.74) is 3.06. The number of unbranched alkanes of at least 4 members (excludes halogenated alkanes) is 1. The Morgan fingerprint density at radius 3 is 3.00 bits per heavy atom. The van der Waals surface area contributed by atoms with Crippen LogP contribution in [0.4, 0.5) is 0 Å². The minimum Gasteiger partial charge on any atom is -0.311 e. The molecular formula is C16H24BrN. The predicted octanol–water partition coefficient (Wildman–Crippen LogP) is 4.47. The van der Waals surface area contributed by atoms with Crippen molar-refractivity contribution in [2.75, 3.05) is 0 Å². The second-order valence-electron chi connectivity index (χ2n) is 5.56. The Morgan fingerprint density at radius 2 is 2.22 bits per heavy atom. The summed E-state index contributed by atoms with van der Waals surface area (Å²) in [4.78, 5) is 0. The molecule has 0 spiro atoms. The summed E-state index contributed by atoms with van der Waals surface area (Å²) in [6.45, 7) is 4.59. The zero-order valence-corrected chi connectivity index (χ0v) is 13.1. The molecule has 1 aliphatic carbocycles. The van der Waals surface area contributed by atoms with Gasteiger partial charge >= 0.3 is 0 Å². The van der Waals surface area contributed by atoms with Crippen LogP contribution in [0.5, 0.6) is 0 Å². The van der Waals surface area contributed by atoms with E-state index >= 15 is 0 Å². The third-order valence-electron chi connectivity index (χ3n) is 3.91. The lowest BCUT2D eigenvalue weighted by Crippen LogP contribution is -2.40. The van der Waals surface area contributed by atoms with Gasteiger partial charge in [-0.3, -0.25) is 0 Å². The van der Waals surface area contributed by atoms with E-state index in [2.05, 4.69) is 53.3 Å². The Morgan fingerprint density at radius 1 is 1.39 bits per heavy atom. The molecule has 0 bridgehead atoms. The van der Waals surface area contributed by atoms with Crippen LogP contribution in [0.3, 0.4) is 0 Å². The van der Waals surface area contributed by atoms with Gasteiger partial charge in [-0.2, -0.15) is 0 Å². The van der Waals surface area contributed by atoms with Gasteiger partial charge < -0.3 is 5.32 Å². The molecule has 1 N–H and O–H groups in total. The van der Waals surface area contributed by atoms with Crippen molar-refractivity contribution in [2.24, 2.45) is 0 Å². The number of hydrogen-bond acceptors (Lipinski definition) is 1. The largest absolute Gasteiger partial charge is 0.311 e. The standard InChI is InChI=1S/C16H24BrN/c1-3-4-5-12(2)18-16-9-7-13-10-15(17)8-6-14(13)11-16/h6,8,10,12,16,18H,3-5,7,9,11H2,1-2H3. The topological polar surface area (TPSA) is 12.0 Å². The van der Waals surface area contributed by atoms with E-state index in [-0.39, 0.29) is 0 Å². The number of aryl methyl sites for hydroxylation is 1. The molecular weight excluding hydrogens is 286 g/mol. The Bertz CT molecular complexity index is 389. The molecule has 2 atom stereocenters. The molecule has 1 aliphatic rings. The van der Waals surface area contributed by atoms with Crippen LogP contribution in [0, 0.1) is 0 Å². The molecule has 1 aromatic rings. The van der Waals surface area contributed by atoms with Crippen molar-refractivity contribution >= 4 is 15.9 Å². The van der Waals surface area contributed by atoms with Crippen LogP contribution in [-0.4, -0.2) is 12.1 Å². The highest BCUT2D eigenvalue weighted by Crippen LogP contribution is 2.25. The SMILES string of the molecule is CCCCC(C)NC1CCc2cc(Br)ccc2C1. The molecule has 0 fully saturated rings. The van der Waals surface area contributed by atoms with Crippen molar-refractivity contribution in [3.63, 3.8) is 0 Å². The van der Waals surface area contributed by atoms with E-state index < -0.39 is 0 Å². The predicted molar refractivity (Wildman–Crippen MR) is 82.1 cm³/mol. The normalized spacial score (nSPS) is 20.5. The molecule has 18 heavy (non-hydrogen) atoms. The molecule has 2 heteroatoms. The van der Waals surface area contributed by atoms with Gasteiger partial charge in [-0.15, -0.1) is 0 Å². The molecule has 1 nitrogen and oxygen atoms in total. The molecule has 0 radical (unpaired) electrons. The van der Waals surface area contributed by atoms with E-state index in [9.17, 15) is 0 Å². The van der Waals surface area contributed by atoms with Crippen LogP contribution < -0.4 is 5.32 Å². The highest BCUT2D eigenvalue weighted by molar-refractivity contribution is 9.10. The van der Waals surface area contributed by atoms with Gasteiger partial charge in [0.15, 0.2) is 0 Å². The number of benzene rings is 1. The zero-order chi connectivity index (χ0) is 13.0. The first kappa shape index (κ1) is 14.1. The first-order chi connectivity index (χ1) is 8.69. The fourth-order valence-corrected chi connectivity index (χ4v) is 3.27. The number of fused-ring (bicyclic) bond motifs is 1. The lowest BCUT2D eigenvalue weighted by Gasteiger charge is -2.28. The van der Waals surface area contributed by atoms with E-state index in [0.717, 1.165) is 0 Å². The summed E-state index contributed by atoms with van der Waals surface area (Å²) in [5, 5.41) is 3.80. The van der Waals surface area contributed by atoms with Gasteiger partial charge in [0, 0.05) is 16.6 Å². The highest BCUT2D eigenvalue weighted by atomic mass is 79.9. The first-order valence-electron chi connectivity index (χ1n) is 7.22. The Kier molecular flexibility index (Phi) is 5.25. The quantitative estimate of drug-likeness (QED) is 0.846. The Hall–Kier alpha value is -0.340. The van der Waals surface area contributed by atoms with Gasteiger partial charge in [-0.05, 0) is 55.9 Å². The first-order valence-corrected chi connectivity index (χ1v) is 8.01. The van der Waals surface area contributed by atoms with Crippen molar-refractivity contribution < 1.29 is 0 Å². The molecule has 0 amide bonds. The zero-order valence-electron chi connectivity index (χ0n) is 11.5. The van der Waals surface area contributed by atoms with Gasteiger partial charge in [-0.1, -0.05) is 41.8 Å². The van der Waals surface area contributed by atoms with Crippen molar-refractivity contribution in [1.29, 1.82) is 0 Å². The summed E-state index contributed by atoms with van der Waals surface area (Å²) < 4.78 is 1.21. The average Bonchev–Trinajstić information content (AvgIpc) is 2.36. The molecule has 0 aromatic heterocycles. The molecule has 2 unspecified atom stereocenters. The number of nitrogens with one attached hydrogen (secondary N) is 1. The van der Waals surface area contributed by atoms with Crippen LogP contribution in [0.15, 0.2) is 22.7 Å². The maximum atomic E-state index is 3.80. The van der Waals surface area contributed by atoms with Gasteiger partial charge in [0.25, 0.3) is 0 Å². The molecule has 1 aromatic carbocycles. The minimum atomic E-state index is 0.659. The van der Waals surface area contributed by atoms with Crippen LogP contribution in [0.2, 0.25) is 0 Å². The molecule has 0 heterocycles. The second-order valence-corrected chi connectivity index (χ2v) is 6.48. The average molecular weight is 310 g/mol. The maximum Gasteiger partial charge on any atom is 0.0178 e. The maximum absolute atomic E-state index is 3.80. The van der Waals surface area contributed by atoms with Crippen molar-refractivity contribution in [2.45, 2.75) is 64.5 Å². The smallest absolute Gasteiger partial charge is 0.0178 e. The lowest BCUT2D eigenvalue weighted by atomic mass is 9.88. The molecule has 0 saturated heterocycles. The third-order valence-corrected chi connectivity index (χ3v) is 4.40. The lowest BCUT2D eigenvalue weighted by molar-refractivity contribution is 0.388. The number of halogens is 1. The van der Waals surface area contributed by atoms with Crippen molar-refractivity contribution in [3.05, 3.63) is 33.8 Å². The van der Waals surface area contributed by atoms with Gasteiger partial charge in [0.05, 0.1) is 0 Å². The molecule has 0 aliphatic heterocycles. The van der Waals surface area contributed by atoms with Crippen LogP contribution >= 0.6 is 15.9 Å². The molecule has 100 valence electrons. The summed E-state index contributed by atoms with van der Waals surface area (Å²) in [7, 11) is 0. The Balaban J connectivity index is 1.89. The minimum absolute atomic E-state index is 0.659. The summed E-state index contributed by atoms with van der Waals surface area (Å²) in [5.74, 6) is 0. The Labute approximate surface area is 119 Å². The van der Waals surface area contributed by atoms with E-state index in [1.54, 1.807) is 0 Å². The molecule has 0 saturated carbocycles. The van der Waals surface area contributed by atoms with Crippen LogP contribution in [-0.2, 0) is 12.8 Å². The third kappa shape index (κ3) is 3.83. The van der Waals surface area contributed by atoms with E-state index in [1.807, 2.05) is 0 Å². The number of rotatable bonds is 5. The number of hydrogen-bond donors (Lipinski definition) is 1.